The number of aryl methyl sites for hydroxylation is 4. The predicted molar refractivity (Wildman–Crippen MR) is 136 cm³/mol. The SMILES string of the molecule is CCOc1ccc(CCc2ccc(N(c3ccc(C)cc3)c3ccc(C)cc3)cc2)cc1. The number of hydrogen-bond donors (Lipinski definition) is 0. The maximum absolute atomic E-state index is 5.54. The molecule has 0 saturated carbocycles. The minimum atomic E-state index is 0.702. The van der Waals surface area contributed by atoms with Gasteiger partial charge in [-0.1, -0.05) is 59.7 Å². The first-order valence-electron chi connectivity index (χ1n) is 11.4. The van der Waals surface area contributed by atoms with Crippen LogP contribution in [0.2, 0.25) is 0 Å². The Morgan fingerprint density at radius 2 is 0.906 bits per heavy atom. The third kappa shape index (κ3) is 5.39. The van der Waals surface area contributed by atoms with Gasteiger partial charge in [-0.15, -0.1) is 0 Å². The molecule has 0 saturated heterocycles. The Morgan fingerprint density at radius 3 is 1.31 bits per heavy atom. The van der Waals surface area contributed by atoms with Crippen LogP contribution in [0, 0.1) is 13.8 Å². The van der Waals surface area contributed by atoms with Gasteiger partial charge in [-0.3, -0.25) is 0 Å². The maximum atomic E-state index is 5.54. The standard InChI is InChI=1S/C30H31NO/c1-4-32-30-21-13-26(14-22-30)10-9-25-11-19-29(20-12-25)31(27-15-5-23(2)6-16-27)28-17-7-24(3)8-18-28/h5-8,11-22H,4,9-10H2,1-3H3. The first-order chi connectivity index (χ1) is 15.6. The first-order valence-corrected chi connectivity index (χ1v) is 11.4. The van der Waals surface area contributed by atoms with Crippen molar-refractivity contribution in [1.29, 1.82) is 0 Å². The van der Waals surface area contributed by atoms with Crippen molar-refractivity contribution >= 4 is 17.1 Å². The van der Waals surface area contributed by atoms with E-state index in [1.54, 1.807) is 0 Å². The summed E-state index contributed by atoms with van der Waals surface area (Å²) in [4.78, 5) is 2.31. The van der Waals surface area contributed by atoms with Gasteiger partial charge in [-0.25, -0.2) is 0 Å². The lowest BCUT2D eigenvalue weighted by molar-refractivity contribution is 0.340. The zero-order chi connectivity index (χ0) is 22.3. The van der Waals surface area contributed by atoms with Crippen molar-refractivity contribution in [2.75, 3.05) is 11.5 Å². The third-order valence-electron chi connectivity index (χ3n) is 5.72. The summed E-state index contributed by atoms with van der Waals surface area (Å²) in [5.74, 6) is 0.938. The van der Waals surface area contributed by atoms with Gasteiger partial charge in [0.05, 0.1) is 6.61 Å². The average molecular weight is 422 g/mol. The molecule has 0 radical (unpaired) electrons. The Hall–Kier alpha value is -3.52. The van der Waals surface area contributed by atoms with Crippen molar-refractivity contribution in [2.24, 2.45) is 0 Å². The summed E-state index contributed by atoms with van der Waals surface area (Å²) in [6.07, 6.45) is 2.04. The number of hydrogen-bond acceptors (Lipinski definition) is 2. The Labute approximate surface area is 192 Å². The molecule has 0 spiro atoms. The Balaban J connectivity index is 1.52. The molecular formula is C30H31NO. The largest absolute Gasteiger partial charge is 0.494 e. The van der Waals surface area contributed by atoms with E-state index in [-0.39, 0.29) is 0 Å². The molecule has 2 heteroatoms. The minimum Gasteiger partial charge on any atom is -0.494 e. The van der Waals surface area contributed by atoms with E-state index >= 15 is 0 Å². The van der Waals surface area contributed by atoms with Crippen LogP contribution >= 0.6 is 0 Å². The molecule has 0 bridgehead atoms. The fraction of sp³-hybridized carbons (Fsp3) is 0.200. The van der Waals surface area contributed by atoms with Crippen LogP contribution in [0.25, 0.3) is 0 Å². The molecule has 4 rings (SSSR count). The molecule has 0 fully saturated rings. The van der Waals surface area contributed by atoms with Crippen LogP contribution in [0.4, 0.5) is 17.1 Å². The van der Waals surface area contributed by atoms with Crippen LogP contribution in [-0.2, 0) is 12.8 Å². The molecule has 4 aromatic carbocycles. The van der Waals surface area contributed by atoms with Gasteiger partial charge in [0.2, 0.25) is 0 Å². The van der Waals surface area contributed by atoms with Crippen molar-refractivity contribution in [2.45, 2.75) is 33.6 Å². The van der Waals surface area contributed by atoms with Crippen molar-refractivity contribution in [3.63, 3.8) is 0 Å². The highest BCUT2D eigenvalue weighted by Gasteiger charge is 2.12. The summed E-state index contributed by atoms with van der Waals surface area (Å²) in [7, 11) is 0. The van der Waals surface area contributed by atoms with Crippen LogP contribution in [0.15, 0.2) is 97.1 Å². The first kappa shape index (κ1) is 21.7. The molecule has 2 nitrogen and oxygen atoms in total. The second-order valence-corrected chi connectivity index (χ2v) is 8.25. The van der Waals surface area contributed by atoms with Crippen molar-refractivity contribution in [3.8, 4) is 5.75 Å². The second kappa shape index (κ2) is 10.2. The van der Waals surface area contributed by atoms with Gasteiger partial charge in [-0.05, 0) is 93.3 Å². The Morgan fingerprint density at radius 1 is 0.531 bits per heavy atom. The van der Waals surface area contributed by atoms with Crippen LogP contribution < -0.4 is 9.64 Å². The summed E-state index contributed by atoms with van der Waals surface area (Å²) in [6.45, 7) is 6.96. The van der Waals surface area contributed by atoms with E-state index < -0.39 is 0 Å². The van der Waals surface area contributed by atoms with Crippen molar-refractivity contribution in [3.05, 3.63) is 119 Å². The van der Waals surface area contributed by atoms with Crippen LogP contribution in [0.5, 0.6) is 5.75 Å². The third-order valence-corrected chi connectivity index (χ3v) is 5.72. The average Bonchev–Trinajstić information content (AvgIpc) is 2.82. The lowest BCUT2D eigenvalue weighted by Crippen LogP contribution is -2.10. The molecule has 0 aliphatic rings. The summed E-state index contributed by atoms with van der Waals surface area (Å²) in [5, 5.41) is 0. The highest BCUT2D eigenvalue weighted by atomic mass is 16.5. The molecule has 4 aromatic rings. The van der Waals surface area contributed by atoms with Gasteiger partial charge >= 0.3 is 0 Å². The molecule has 0 unspecified atom stereocenters. The lowest BCUT2D eigenvalue weighted by atomic mass is 10.0. The Kier molecular flexibility index (Phi) is 6.91. The van der Waals surface area contributed by atoms with Gasteiger partial charge in [0.1, 0.15) is 5.75 Å². The maximum Gasteiger partial charge on any atom is 0.119 e. The van der Waals surface area contributed by atoms with E-state index in [1.165, 1.54) is 39.3 Å². The molecule has 0 heterocycles. The number of ether oxygens (including phenoxy) is 1. The molecular weight excluding hydrogens is 390 g/mol. The van der Waals surface area contributed by atoms with Gasteiger partial charge < -0.3 is 9.64 Å². The normalized spacial score (nSPS) is 10.7. The highest BCUT2D eigenvalue weighted by Crippen LogP contribution is 2.34. The summed E-state index contributed by atoms with van der Waals surface area (Å²) >= 11 is 0. The fourth-order valence-electron chi connectivity index (χ4n) is 3.85. The number of benzene rings is 4. The summed E-state index contributed by atoms with van der Waals surface area (Å²) < 4.78 is 5.54. The molecule has 0 aromatic heterocycles. The molecule has 32 heavy (non-hydrogen) atoms. The summed E-state index contributed by atoms with van der Waals surface area (Å²) in [6, 6.07) is 34.8. The fourth-order valence-corrected chi connectivity index (χ4v) is 3.85. The number of rotatable bonds is 8. The van der Waals surface area contributed by atoms with Crippen LogP contribution in [0.1, 0.15) is 29.2 Å². The van der Waals surface area contributed by atoms with Gasteiger partial charge in [0.15, 0.2) is 0 Å². The molecule has 0 N–H and O–H groups in total. The van der Waals surface area contributed by atoms with E-state index in [0.29, 0.717) is 6.61 Å². The van der Waals surface area contributed by atoms with Gasteiger partial charge in [-0.2, -0.15) is 0 Å². The van der Waals surface area contributed by atoms with Crippen molar-refractivity contribution < 1.29 is 4.74 Å². The zero-order valence-corrected chi connectivity index (χ0v) is 19.2. The van der Waals surface area contributed by atoms with E-state index in [4.69, 9.17) is 4.74 Å². The topological polar surface area (TPSA) is 12.5 Å². The monoisotopic (exact) mass is 421 g/mol. The summed E-state index contributed by atoms with van der Waals surface area (Å²) in [5.41, 5.74) is 8.71. The number of nitrogens with zero attached hydrogens (tertiary/aromatic N) is 1. The van der Waals surface area contributed by atoms with Crippen molar-refractivity contribution in [1.82, 2.24) is 0 Å². The van der Waals surface area contributed by atoms with Crippen LogP contribution in [0.3, 0.4) is 0 Å². The number of anilines is 3. The lowest BCUT2D eigenvalue weighted by Gasteiger charge is -2.26. The predicted octanol–water partition coefficient (Wildman–Crippen LogP) is 7.96. The van der Waals surface area contributed by atoms with E-state index in [0.717, 1.165) is 18.6 Å². The van der Waals surface area contributed by atoms with Crippen LogP contribution in [-0.4, -0.2) is 6.61 Å². The molecule has 0 amide bonds. The molecule has 0 aliphatic carbocycles. The zero-order valence-electron chi connectivity index (χ0n) is 19.2. The Bertz CT molecular complexity index is 1070. The molecule has 162 valence electrons. The van der Waals surface area contributed by atoms with Gasteiger partial charge in [0.25, 0.3) is 0 Å². The molecule has 0 aliphatic heterocycles. The quantitative estimate of drug-likeness (QED) is 0.286. The van der Waals surface area contributed by atoms with E-state index in [1.807, 2.05) is 6.92 Å². The minimum absolute atomic E-state index is 0.702. The second-order valence-electron chi connectivity index (χ2n) is 8.25. The smallest absolute Gasteiger partial charge is 0.119 e. The molecule has 0 atom stereocenters. The van der Waals surface area contributed by atoms with E-state index in [9.17, 15) is 0 Å². The van der Waals surface area contributed by atoms with E-state index in [2.05, 4.69) is 116 Å². The van der Waals surface area contributed by atoms with Gasteiger partial charge in [0, 0.05) is 17.1 Å². The highest BCUT2D eigenvalue weighted by molar-refractivity contribution is 5.76.